The summed E-state index contributed by atoms with van der Waals surface area (Å²) in [5.41, 5.74) is 3.57. The number of carbonyl (C=O) groups excluding carboxylic acids is 1. The highest BCUT2D eigenvalue weighted by Crippen LogP contribution is 2.26. The van der Waals surface area contributed by atoms with E-state index in [0.717, 1.165) is 16.7 Å². The molecule has 0 radical (unpaired) electrons. The van der Waals surface area contributed by atoms with E-state index in [0.29, 0.717) is 18.0 Å². The maximum atomic E-state index is 12.3. The Bertz CT molecular complexity index is 852. The van der Waals surface area contributed by atoms with Gasteiger partial charge in [-0.05, 0) is 18.1 Å². The normalized spacial score (nSPS) is 10.4. The van der Waals surface area contributed by atoms with Gasteiger partial charge in [-0.15, -0.1) is 0 Å². The quantitative estimate of drug-likeness (QED) is 0.661. The van der Waals surface area contributed by atoms with E-state index in [1.165, 1.54) is 0 Å². The van der Waals surface area contributed by atoms with E-state index in [2.05, 4.69) is 11.7 Å². The minimum atomic E-state index is -0.434. The molecule has 4 heteroatoms. The summed E-state index contributed by atoms with van der Waals surface area (Å²) < 4.78 is 6.77. The molecule has 1 heterocycles. The molecule has 0 spiro atoms. The molecule has 120 valence electrons. The fourth-order valence-corrected chi connectivity index (χ4v) is 2.45. The number of benzene rings is 2. The average Bonchev–Trinajstić information content (AvgIpc) is 3.08. The standard InChI is InChI=1S/C20H18N2O2/c1-3-24-20(23)19-18(17-12-8-5-9-13-17)14-22(21-19)15(2)16-10-6-4-7-11-16/h4-14H,2-3H2,1H3. The average molecular weight is 318 g/mol. The summed E-state index contributed by atoms with van der Waals surface area (Å²) in [6.07, 6.45) is 1.82. The number of carbonyl (C=O) groups is 1. The van der Waals surface area contributed by atoms with Crippen molar-refractivity contribution in [2.24, 2.45) is 0 Å². The topological polar surface area (TPSA) is 44.1 Å². The minimum Gasteiger partial charge on any atom is -0.461 e. The van der Waals surface area contributed by atoms with Crippen molar-refractivity contribution in [1.29, 1.82) is 0 Å². The van der Waals surface area contributed by atoms with Crippen molar-refractivity contribution in [3.05, 3.63) is 84.7 Å². The third-order valence-corrected chi connectivity index (χ3v) is 3.65. The predicted molar refractivity (Wildman–Crippen MR) is 94.5 cm³/mol. The van der Waals surface area contributed by atoms with Crippen LogP contribution in [-0.2, 0) is 4.74 Å². The lowest BCUT2D eigenvalue weighted by molar-refractivity contribution is 0.0520. The molecule has 1 aromatic heterocycles. The summed E-state index contributed by atoms with van der Waals surface area (Å²) in [5.74, 6) is -0.434. The summed E-state index contributed by atoms with van der Waals surface area (Å²) in [4.78, 5) is 12.3. The smallest absolute Gasteiger partial charge is 0.359 e. The van der Waals surface area contributed by atoms with Gasteiger partial charge in [0.25, 0.3) is 0 Å². The molecule has 0 unspecified atom stereocenters. The Morgan fingerprint density at radius 2 is 1.71 bits per heavy atom. The van der Waals surface area contributed by atoms with Crippen molar-refractivity contribution in [2.75, 3.05) is 6.61 Å². The lowest BCUT2D eigenvalue weighted by Gasteiger charge is -2.05. The Morgan fingerprint density at radius 1 is 1.08 bits per heavy atom. The zero-order chi connectivity index (χ0) is 16.9. The molecule has 0 aliphatic carbocycles. The molecular weight excluding hydrogens is 300 g/mol. The van der Waals surface area contributed by atoms with Crippen LogP contribution in [0.25, 0.3) is 16.8 Å². The number of rotatable bonds is 5. The van der Waals surface area contributed by atoms with Crippen LogP contribution in [0.15, 0.2) is 73.4 Å². The third kappa shape index (κ3) is 3.13. The van der Waals surface area contributed by atoms with Gasteiger partial charge in [0.15, 0.2) is 5.69 Å². The summed E-state index contributed by atoms with van der Waals surface area (Å²) >= 11 is 0. The summed E-state index contributed by atoms with van der Waals surface area (Å²) in [6, 6.07) is 19.4. The Morgan fingerprint density at radius 3 is 2.33 bits per heavy atom. The molecule has 0 bridgehead atoms. The molecule has 24 heavy (non-hydrogen) atoms. The maximum Gasteiger partial charge on any atom is 0.359 e. The van der Waals surface area contributed by atoms with Gasteiger partial charge in [0.2, 0.25) is 0 Å². The molecule has 0 fully saturated rings. The first-order valence-corrected chi connectivity index (χ1v) is 7.77. The Hall–Kier alpha value is -3.14. The number of hydrogen-bond donors (Lipinski definition) is 0. The molecule has 0 aliphatic heterocycles. The molecule has 0 atom stereocenters. The summed E-state index contributed by atoms with van der Waals surface area (Å²) in [5, 5.41) is 4.42. The highest BCUT2D eigenvalue weighted by Gasteiger charge is 2.20. The largest absolute Gasteiger partial charge is 0.461 e. The van der Waals surface area contributed by atoms with E-state index in [1.807, 2.05) is 66.9 Å². The second kappa shape index (κ2) is 6.96. The van der Waals surface area contributed by atoms with Crippen LogP contribution in [-0.4, -0.2) is 22.4 Å². The number of hydrogen-bond acceptors (Lipinski definition) is 3. The Balaban J connectivity index is 2.06. The zero-order valence-corrected chi connectivity index (χ0v) is 13.5. The molecule has 0 amide bonds. The zero-order valence-electron chi connectivity index (χ0n) is 13.5. The molecule has 0 saturated heterocycles. The van der Waals surface area contributed by atoms with Crippen LogP contribution in [0.1, 0.15) is 23.0 Å². The van der Waals surface area contributed by atoms with Gasteiger partial charge in [0.1, 0.15) is 0 Å². The second-order valence-corrected chi connectivity index (χ2v) is 5.24. The van der Waals surface area contributed by atoms with Gasteiger partial charge in [-0.3, -0.25) is 0 Å². The van der Waals surface area contributed by atoms with Crippen LogP contribution >= 0.6 is 0 Å². The van der Waals surface area contributed by atoms with E-state index in [-0.39, 0.29) is 0 Å². The van der Waals surface area contributed by atoms with Crippen molar-refractivity contribution in [1.82, 2.24) is 9.78 Å². The monoisotopic (exact) mass is 318 g/mol. The fourth-order valence-electron chi connectivity index (χ4n) is 2.45. The predicted octanol–water partition coefficient (Wildman–Crippen LogP) is 4.25. The lowest BCUT2D eigenvalue weighted by Crippen LogP contribution is -2.08. The number of ether oxygens (including phenoxy) is 1. The number of aromatic nitrogens is 2. The molecule has 0 saturated carbocycles. The maximum absolute atomic E-state index is 12.3. The summed E-state index contributed by atoms with van der Waals surface area (Å²) in [7, 11) is 0. The fraction of sp³-hybridized carbons (Fsp3) is 0.100. The number of esters is 1. The first-order valence-electron chi connectivity index (χ1n) is 7.77. The highest BCUT2D eigenvalue weighted by molar-refractivity contribution is 5.95. The van der Waals surface area contributed by atoms with Crippen molar-refractivity contribution >= 4 is 11.7 Å². The van der Waals surface area contributed by atoms with Gasteiger partial charge >= 0.3 is 5.97 Å². The van der Waals surface area contributed by atoms with Crippen molar-refractivity contribution in [2.45, 2.75) is 6.92 Å². The van der Waals surface area contributed by atoms with E-state index in [4.69, 9.17) is 4.74 Å². The third-order valence-electron chi connectivity index (χ3n) is 3.65. The van der Waals surface area contributed by atoms with Crippen LogP contribution in [0, 0.1) is 0 Å². The minimum absolute atomic E-state index is 0.292. The molecule has 3 aromatic rings. The first-order chi connectivity index (χ1) is 11.7. The summed E-state index contributed by atoms with van der Waals surface area (Å²) in [6.45, 7) is 6.18. The molecule has 2 aromatic carbocycles. The van der Waals surface area contributed by atoms with E-state index in [9.17, 15) is 4.79 Å². The van der Waals surface area contributed by atoms with Crippen LogP contribution in [0.5, 0.6) is 0 Å². The molecule has 0 N–H and O–H groups in total. The lowest BCUT2D eigenvalue weighted by atomic mass is 10.1. The van der Waals surface area contributed by atoms with Gasteiger partial charge in [0, 0.05) is 11.8 Å². The Labute approximate surface area is 141 Å². The Kier molecular flexibility index (Phi) is 4.57. The SMILES string of the molecule is C=C(c1ccccc1)n1cc(-c2ccccc2)c(C(=O)OCC)n1. The van der Waals surface area contributed by atoms with E-state index in [1.54, 1.807) is 11.6 Å². The number of nitrogens with zero attached hydrogens (tertiary/aromatic N) is 2. The van der Waals surface area contributed by atoms with Crippen LogP contribution in [0.2, 0.25) is 0 Å². The van der Waals surface area contributed by atoms with Crippen LogP contribution in [0.4, 0.5) is 0 Å². The van der Waals surface area contributed by atoms with Gasteiger partial charge in [0.05, 0.1) is 12.3 Å². The van der Waals surface area contributed by atoms with E-state index < -0.39 is 5.97 Å². The van der Waals surface area contributed by atoms with Gasteiger partial charge in [-0.2, -0.15) is 5.10 Å². The van der Waals surface area contributed by atoms with Crippen molar-refractivity contribution in [3.8, 4) is 11.1 Å². The van der Waals surface area contributed by atoms with Crippen LogP contribution in [0.3, 0.4) is 0 Å². The molecule has 3 rings (SSSR count). The second-order valence-electron chi connectivity index (χ2n) is 5.24. The van der Waals surface area contributed by atoms with Gasteiger partial charge < -0.3 is 4.74 Å². The molecule has 4 nitrogen and oxygen atoms in total. The van der Waals surface area contributed by atoms with Gasteiger partial charge in [-0.1, -0.05) is 67.2 Å². The molecular formula is C20H18N2O2. The highest BCUT2D eigenvalue weighted by atomic mass is 16.5. The van der Waals surface area contributed by atoms with E-state index >= 15 is 0 Å². The first kappa shape index (κ1) is 15.7. The van der Waals surface area contributed by atoms with Crippen molar-refractivity contribution in [3.63, 3.8) is 0 Å². The van der Waals surface area contributed by atoms with Crippen molar-refractivity contribution < 1.29 is 9.53 Å². The molecule has 0 aliphatic rings. The van der Waals surface area contributed by atoms with Crippen LogP contribution < -0.4 is 0 Å². The van der Waals surface area contributed by atoms with Gasteiger partial charge in [-0.25, -0.2) is 9.48 Å².